The first kappa shape index (κ1) is 49.4. The van der Waals surface area contributed by atoms with Crippen LogP contribution in [0.4, 0.5) is 0 Å². The molecule has 0 aliphatic rings. The van der Waals surface area contributed by atoms with Crippen LogP contribution in [0.2, 0.25) is 0 Å². The van der Waals surface area contributed by atoms with Crippen molar-refractivity contribution in [2.75, 3.05) is 0 Å². The zero-order valence-electron chi connectivity index (χ0n) is 35.3. The molecule has 0 amide bonds. The molecule has 28 heteroatoms. The molecule has 1 heterocycles. The van der Waals surface area contributed by atoms with Crippen LogP contribution in [0.15, 0.2) is 0 Å². The molecular formula is C39B25N3. The highest BCUT2D eigenvalue weighted by Gasteiger charge is 2.28. The van der Waals surface area contributed by atoms with Gasteiger partial charge in [-0.15, -0.1) is 60.1 Å². The summed E-state index contributed by atoms with van der Waals surface area (Å²) in [7, 11) is 164. The summed E-state index contributed by atoms with van der Waals surface area (Å²) >= 11 is 0. The van der Waals surface area contributed by atoms with E-state index in [0.717, 1.165) is 0 Å². The molecule has 8 aromatic rings. The highest BCUT2D eigenvalue weighted by Crippen LogP contribution is 2.30. The first-order valence-electron chi connectivity index (χ1n) is 19.3. The molecule has 0 N–H and O–H groups in total. The smallest absolute Gasteiger partial charge is 0.162 e. The van der Waals surface area contributed by atoms with Gasteiger partial charge in [0, 0.05) is 16.7 Å². The van der Waals surface area contributed by atoms with E-state index in [0.29, 0.717) is 0 Å². The fraction of sp³-hybridized carbons (Fsp3) is 0. The van der Waals surface area contributed by atoms with Crippen molar-refractivity contribution in [3.05, 3.63) is 0 Å². The Morgan fingerprint density at radius 2 is 0.284 bits per heavy atom. The van der Waals surface area contributed by atoms with Crippen molar-refractivity contribution in [3.63, 3.8) is 0 Å². The van der Waals surface area contributed by atoms with E-state index in [-0.39, 0.29) is 214 Å². The zero-order valence-corrected chi connectivity index (χ0v) is 35.3. The molecule has 0 atom stereocenters. The Labute approximate surface area is 422 Å². The van der Waals surface area contributed by atoms with Gasteiger partial charge >= 0.3 is 0 Å². The summed E-state index contributed by atoms with van der Waals surface area (Å²) in [4.78, 5) is 14.0. The highest BCUT2D eigenvalue weighted by atomic mass is 15.0. The van der Waals surface area contributed by atoms with E-state index in [1.807, 2.05) is 0 Å². The van der Waals surface area contributed by atoms with Gasteiger partial charge in [0.05, 0.1) is 0 Å². The minimum atomic E-state index is -0.331. The maximum atomic E-state index is 7.22. The Kier molecular flexibility index (Phi) is 12.6. The quantitative estimate of drug-likeness (QED) is 0.132. The average molecular weight is 781 g/mol. The van der Waals surface area contributed by atoms with Crippen LogP contribution >= 0.6 is 0 Å². The van der Waals surface area contributed by atoms with E-state index < -0.39 is 0 Å². The lowest BCUT2D eigenvalue weighted by atomic mass is 9.56. The lowest BCUT2D eigenvalue weighted by Crippen LogP contribution is -2.55. The maximum Gasteiger partial charge on any atom is 0.162 e. The minimum Gasteiger partial charge on any atom is -0.208 e. The van der Waals surface area contributed by atoms with E-state index in [9.17, 15) is 0 Å². The number of benzene rings is 7. The van der Waals surface area contributed by atoms with Crippen LogP contribution in [0, 0.1) is 0 Å². The third kappa shape index (κ3) is 6.88. The molecule has 0 saturated heterocycles. The predicted molar refractivity (Wildman–Crippen MR) is 309 cm³/mol. The van der Waals surface area contributed by atoms with Gasteiger partial charge in [-0.05, 0) is 43.4 Å². The summed E-state index contributed by atoms with van der Waals surface area (Å²) in [6.07, 6.45) is 0. The van der Waals surface area contributed by atoms with Crippen molar-refractivity contribution in [2.24, 2.45) is 0 Å². The van der Waals surface area contributed by atoms with Crippen molar-refractivity contribution >= 4 is 365 Å². The summed E-state index contributed by atoms with van der Waals surface area (Å²) < 4.78 is 0. The van der Waals surface area contributed by atoms with E-state index in [4.69, 9.17) is 206 Å². The van der Waals surface area contributed by atoms with Gasteiger partial charge in [0.15, 0.2) is 17.5 Å². The molecule has 8 rings (SSSR count). The van der Waals surface area contributed by atoms with Crippen LogP contribution in [0.25, 0.3) is 77.6 Å². The van der Waals surface area contributed by atoms with Crippen molar-refractivity contribution in [1.82, 2.24) is 15.0 Å². The maximum absolute atomic E-state index is 7.22. The van der Waals surface area contributed by atoms with E-state index in [2.05, 4.69) is 4.98 Å². The molecule has 0 aliphatic carbocycles. The van der Waals surface area contributed by atoms with Gasteiger partial charge < -0.3 is 0 Å². The average Bonchev–Trinajstić information content (AvgIpc) is 3.29. The number of fused-ring (bicyclic) bond motifs is 6. The fourth-order valence-electron chi connectivity index (χ4n) is 8.53. The lowest BCUT2D eigenvalue weighted by Gasteiger charge is -2.30. The summed E-state index contributed by atoms with van der Waals surface area (Å²) in [5.41, 5.74) is -4.21. The first-order valence-corrected chi connectivity index (χ1v) is 19.3. The molecule has 3 nitrogen and oxygen atoms in total. The van der Waals surface area contributed by atoms with Crippen molar-refractivity contribution in [3.8, 4) is 45.3 Å². The second-order valence-electron chi connectivity index (χ2n) is 15.8. The van der Waals surface area contributed by atoms with E-state index in [1.165, 1.54) is 0 Å². The SMILES string of the molecule is [B]c1c([B])c([B])c(-c2nc(-c3c([B])c([B])c([B])c([B])c3[B])nc(-c3c([B])c([B])c([B])c(-c4c([B])c([B])c5c6c([B])c([B])c([B])c([B])c6c6c([B])c([B])c([B])c([B])c6c5c4[B])c3[B])n2)c([B])c1[B]. The van der Waals surface area contributed by atoms with E-state index in [1.54, 1.807) is 0 Å². The van der Waals surface area contributed by atoms with Gasteiger partial charge in [-0.2, -0.15) is 0 Å². The number of hydrogen-bond donors (Lipinski definition) is 0. The molecule has 7 aromatic carbocycles. The Bertz CT molecular complexity index is 3460. The van der Waals surface area contributed by atoms with Crippen molar-refractivity contribution in [1.29, 1.82) is 0 Å². The standard InChI is InChI=1S/C39B25N3/c40-12-1-2(4-6(18(46)30(58)28(56)16(4)44)5-3(1)15(43)27(55)29(57)17(5)45)14(42)19(47)7(12)8-13(41)9(21(49)26(54)20(8)48)37-65-38(10-22(50)31(59)35(63)32(60)23(10)51)67-39(66-37)11-24(52)33(61)36(64)34(62)25(11)53. The highest BCUT2D eigenvalue weighted by molar-refractivity contribution is 6.77. The predicted octanol–water partition coefficient (Wildman–Crippen LogP) is -20.2. The molecule has 0 unspecified atom stereocenters. The number of aromatic nitrogens is 3. The second-order valence-corrected chi connectivity index (χ2v) is 15.8. The van der Waals surface area contributed by atoms with Crippen molar-refractivity contribution in [2.45, 2.75) is 0 Å². The molecule has 0 fully saturated rings. The molecule has 246 valence electrons. The summed E-state index contributed by atoms with van der Waals surface area (Å²) in [5.74, 6) is -0.903. The summed E-state index contributed by atoms with van der Waals surface area (Å²) in [6, 6.07) is 0. The Morgan fingerprint density at radius 3 is 0.567 bits per heavy atom. The molecule has 0 saturated carbocycles. The molecule has 1 aromatic heterocycles. The molecular weight excluding hydrogens is 781 g/mol. The van der Waals surface area contributed by atoms with Gasteiger partial charge in [-0.3, -0.25) is 0 Å². The summed E-state index contributed by atoms with van der Waals surface area (Å²) in [5, 5.41) is 0.807. The number of nitrogens with zero attached hydrogens (tertiary/aromatic N) is 3. The van der Waals surface area contributed by atoms with Crippen LogP contribution in [0.3, 0.4) is 0 Å². The van der Waals surface area contributed by atoms with Crippen LogP contribution in [-0.2, 0) is 0 Å². The largest absolute Gasteiger partial charge is 0.208 e. The Hall–Kier alpha value is -4.05. The molecule has 0 aliphatic heterocycles. The van der Waals surface area contributed by atoms with Gasteiger partial charge in [0.25, 0.3) is 0 Å². The van der Waals surface area contributed by atoms with Crippen molar-refractivity contribution < 1.29 is 0 Å². The topological polar surface area (TPSA) is 38.7 Å². The lowest BCUT2D eigenvalue weighted by molar-refractivity contribution is 1.08. The second kappa shape index (κ2) is 17.1. The number of rotatable bonds is 4. The molecule has 0 spiro atoms. The molecule has 50 radical (unpaired) electrons. The molecule has 67 heavy (non-hydrogen) atoms. The van der Waals surface area contributed by atoms with Gasteiger partial charge in [-0.25, -0.2) is 15.0 Å². The van der Waals surface area contributed by atoms with Crippen LogP contribution in [0.5, 0.6) is 0 Å². The Balaban J connectivity index is 1.58. The van der Waals surface area contributed by atoms with Gasteiger partial charge in [-0.1, -0.05) is 76.5 Å². The van der Waals surface area contributed by atoms with Crippen LogP contribution in [0.1, 0.15) is 0 Å². The normalized spacial score (nSPS) is 11.6. The zero-order chi connectivity index (χ0) is 49.6. The van der Waals surface area contributed by atoms with Gasteiger partial charge in [0.1, 0.15) is 196 Å². The number of hydrogen-bond acceptors (Lipinski definition) is 3. The fourth-order valence-corrected chi connectivity index (χ4v) is 8.53. The van der Waals surface area contributed by atoms with E-state index >= 15 is 0 Å². The Morgan fingerprint density at radius 1 is 0.134 bits per heavy atom. The first-order chi connectivity index (χ1) is 31.2. The van der Waals surface area contributed by atoms with Gasteiger partial charge in [0.2, 0.25) is 0 Å². The van der Waals surface area contributed by atoms with Crippen LogP contribution < -0.4 is 137 Å². The van der Waals surface area contributed by atoms with Crippen LogP contribution in [-0.4, -0.2) is 211 Å². The molecule has 0 bridgehead atoms. The summed E-state index contributed by atoms with van der Waals surface area (Å²) in [6.45, 7) is 0. The third-order valence-corrected chi connectivity index (χ3v) is 12.3. The minimum absolute atomic E-state index is 0.0364. The third-order valence-electron chi connectivity index (χ3n) is 12.3. The monoisotopic (exact) mass is 785 g/mol.